The predicted octanol–water partition coefficient (Wildman–Crippen LogP) is 1.52. The molecule has 0 saturated carbocycles. The first-order chi connectivity index (χ1) is 8.75. The molecule has 0 atom stereocenters. The molecule has 7 heteroatoms. The van der Waals surface area contributed by atoms with Gasteiger partial charge in [-0.3, -0.25) is 4.79 Å². The lowest BCUT2D eigenvalue weighted by atomic mass is 10.1. The normalized spacial score (nSPS) is 10.7. The van der Waals surface area contributed by atoms with E-state index in [9.17, 15) is 4.79 Å². The number of tetrazole rings is 1. The molecule has 0 spiro atoms. The van der Waals surface area contributed by atoms with Gasteiger partial charge in [0.15, 0.2) is 0 Å². The number of nitrogens with zero attached hydrogens (tertiary/aromatic N) is 3. The molecule has 1 amide bonds. The average molecular weight is 243 g/mol. The molecule has 18 heavy (non-hydrogen) atoms. The number of H-pyrrole nitrogens is 1. The molecule has 1 aromatic rings. The van der Waals surface area contributed by atoms with E-state index in [0.29, 0.717) is 11.5 Å². The van der Waals surface area contributed by atoms with E-state index in [1.807, 2.05) is 0 Å². The Hall–Kier alpha value is -2.70. The first-order valence-corrected chi connectivity index (χ1v) is 5.26. The Kier molecular flexibility index (Phi) is 2.30. The maximum atomic E-state index is 11.2. The van der Waals surface area contributed by atoms with Crippen LogP contribution in [0.5, 0.6) is 0 Å². The van der Waals surface area contributed by atoms with E-state index in [-0.39, 0.29) is 5.91 Å². The van der Waals surface area contributed by atoms with Gasteiger partial charge in [-0.1, -0.05) is 0 Å². The third kappa shape index (κ3) is 1.61. The summed E-state index contributed by atoms with van der Waals surface area (Å²) in [6.45, 7) is 1.45. The van der Waals surface area contributed by atoms with E-state index >= 15 is 0 Å². The van der Waals surface area contributed by atoms with Crippen molar-refractivity contribution >= 4 is 11.6 Å². The van der Waals surface area contributed by atoms with Crippen molar-refractivity contribution in [1.29, 1.82) is 0 Å². The Labute approximate surface area is 102 Å². The molecule has 0 bridgehead atoms. The number of amides is 1. The van der Waals surface area contributed by atoms with Crippen LogP contribution in [0.25, 0.3) is 22.5 Å². The van der Waals surface area contributed by atoms with E-state index < -0.39 is 0 Å². The Balaban J connectivity index is 2.18. The Morgan fingerprint density at radius 3 is 3.00 bits per heavy atom. The minimum Gasteiger partial charge on any atom is -0.472 e. The number of carbonyl (C=O) groups excluding carboxylic acids is 1. The molecule has 90 valence electrons. The largest absolute Gasteiger partial charge is 0.472 e. The van der Waals surface area contributed by atoms with E-state index in [1.165, 1.54) is 6.92 Å². The molecule has 0 fully saturated rings. The number of rotatable bonds is 2. The van der Waals surface area contributed by atoms with Crippen LogP contribution in [-0.4, -0.2) is 26.5 Å². The van der Waals surface area contributed by atoms with Gasteiger partial charge < -0.3 is 9.73 Å². The molecule has 2 aliphatic rings. The van der Waals surface area contributed by atoms with Crippen LogP contribution in [-0.2, 0) is 4.79 Å². The Morgan fingerprint density at radius 2 is 2.28 bits per heavy atom. The maximum absolute atomic E-state index is 11.2. The molecule has 0 saturated heterocycles. The first-order valence-electron chi connectivity index (χ1n) is 5.26. The van der Waals surface area contributed by atoms with Crippen LogP contribution in [0.2, 0.25) is 0 Å². The highest BCUT2D eigenvalue weighted by Gasteiger charge is 2.20. The number of carbonyl (C=O) groups is 1. The molecule has 2 N–H and O–H groups in total. The third-order valence-electron chi connectivity index (χ3n) is 2.56. The Bertz CT molecular complexity index is 658. The number of fused-ring (bicyclic) bond motifs is 1. The fourth-order valence-electron chi connectivity index (χ4n) is 1.87. The fraction of sp³-hybridized carbons (Fsp3) is 0.0909. The van der Waals surface area contributed by atoms with E-state index in [2.05, 4.69) is 25.9 Å². The summed E-state index contributed by atoms with van der Waals surface area (Å²) in [4.78, 5) is 11.2. The van der Waals surface area contributed by atoms with Crippen molar-refractivity contribution in [2.45, 2.75) is 6.92 Å². The summed E-state index contributed by atoms with van der Waals surface area (Å²) in [6.07, 6.45) is 3.13. The highest BCUT2D eigenvalue weighted by atomic mass is 16.3. The van der Waals surface area contributed by atoms with Gasteiger partial charge in [0.1, 0.15) is 6.26 Å². The number of aromatic nitrogens is 4. The summed E-state index contributed by atoms with van der Waals surface area (Å²) in [6, 6.07) is 3.60. The molecular formula is C11H9N5O2. The summed E-state index contributed by atoms with van der Waals surface area (Å²) in [5, 5.41) is 16.6. The van der Waals surface area contributed by atoms with Crippen molar-refractivity contribution in [3.8, 4) is 22.5 Å². The van der Waals surface area contributed by atoms with Gasteiger partial charge in [-0.15, -0.1) is 10.2 Å². The van der Waals surface area contributed by atoms with Crippen LogP contribution in [0, 0.1) is 0 Å². The monoisotopic (exact) mass is 243 g/mol. The van der Waals surface area contributed by atoms with Crippen molar-refractivity contribution in [2.75, 3.05) is 5.32 Å². The number of aromatic amines is 1. The molecule has 0 aromatic carbocycles. The molecule has 1 aromatic heterocycles. The van der Waals surface area contributed by atoms with E-state index in [4.69, 9.17) is 4.42 Å². The van der Waals surface area contributed by atoms with E-state index in [0.717, 1.165) is 16.7 Å². The lowest BCUT2D eigenvalue weighted by molar-refractivity contribution is -0.114. The molecule has 0 unspecified atom stereocenters. The zero-order valence-corrected chi connectivity index (χ0v) is 9.47. The minimum absolute atomic E-state index is 0.148. The van der Waals surface area contributed by atoms with E-state index in [1.54, 1.807) is 24.7 Å². The maximum Gasteiger partial charge on any atom is 0.221 e. The summed E-state index contributed by atoms with van der Waals surface area (Å²) in [5.41, 5.74) is 3.15. The van der Waals surface area contributed by atoms with Crippen LogP contribution < -0.4 is 5.32 Å². The van der Waals surface area contributed by atoms with Crippen LogP contribution >= 0.6 is 0 Å². The van der Waals surface area contributed by atoms with Crippen LogP contribution in [0.3, 0.4) is 0 Å². The quantitative estimate of drug-likeness (QED) is 0.711. The standard InChI is InChI=1S/C11H9N5O2/c1-6(17)12-10-4-8(11-13-15-16-14-11)7-2-3-18-5-9(7)10/h2-5H,1H3,(H,12,17)(H,13,14,15,16). The zero-order chi connectivity index (χ0) is 12.5. The molecule has 1 aliphatic carbocycles. The minimum atomic E-state index is -0.148. The summed E-state index contributed by atoms with van der Waals surface area (Å²) in [7, 11) is 0. The molecular weight excluding hydrogens is 234 g/mol. The lowest BCUT2D eigenvalue weighted by Crippen LogP contribution is -2.05. The van der Waals surface area contributed by atoms with Crippen LogP contribution in [0.1, 0.15) is 6.92 Å². The van der Waals surface area contributed by atoms with Gasteiger partial charge in [0.2, 0.25) is 11.7 Å². The average Bonchev–Trinajstić information content (AvgIpc) is 2.96. The highest BCUT2D eigenvalue weighted by Crippen LogP contribution is 2.40. The van der Waals surface area contributed by atoms with Crippen molar-refractivity contribution in [1.82, 2.24) is 20.6 Å². The molecule has 3 rings (SSSR count). The molecule has 0 radical (unpaired) electrons. The number of nitrogens with one attached hydrogen (secondary N) is 2. The topological polar surface area (TPSA) is 96.7 Å². The van der Waals surface area contributed by atoms with Gasteiger partial charge in [0.05, 0.1) is 12.0 Å². The predicted molar refractivity (Wildman–Crippen MR) is 62.8 cm³/mol. The van der Waals surface area contributed by atoms with Crippen molar-refractivity contribution in [3.63, 3.8) is 0 Å². The third-order valence-corrected chi connectivity index (χ3v) is 2.56. The second-order valence-corrected chi connectivity index (χ2v) is 3.77. The first kappa shape index (κ1) is 10.5. The molecule has 7 nitrogen and oxygen atoms in total. The van der Waals surface area contributed by atoms with Crippen molar-refractivity contribution < 1.29 is 9.21 Å². The van der Waals surface area contributed by atoms with Crippen LogP contribution in [0.15, 0.2) is 29.1 Å². The molecule has 2 heterocycles. The van der Waals surface area contributed by atoms with Gasteiger partial charge in [-0.05, 0) is 17.3 Å². The number of anilines is 1. The summed E-state index contributed by atoms with van der Waals surface area (Å²) in [5.74, 6) is 0.327. The highest BCUT2D eigenvalue weighted by molar-refractivity contribution is 6.00. The second-order valence-electron chi connectivity index (χ2n) is 3.77. The zero-order valence-electron chi connectivity index (χ0n) is 9.47. The van der Waals surface area contributed by atoms with Crippen LogP contribution in [0.4, 0.5) is 5.69 Å². The summed E-state index contributed by atoms with van der Waals surface area (Å²) < 4.78 is 5.13. The SMILES string of the molecule is CC(=O)Nc1cc(-c2nn[nH]n2)c2ccocc1-2. The van der Waals surface area contributed by atoms with Gasteiger partial charge in [0, 0.05) is 23.6 Å². The fourth-order valence-corrected chi connectivity index (χ4v) is 1.87. The van der Waals surface area contributed by atoms with Crippen molar-refractivity contribution in [2.24, 2.45) is 0 Å². The van der Waals surface area contributed by atoms with Gasteiger partial charge in [0.25, 0.3) is 0 Å². The van der Waals surface area contributed by atoms with Gasteiger partial charge >= 0.3 is 0 Å². The van der Waals surface area contributed by atoms with Gasteiger partial charge in [-0.25, -0.2) is 0 Å². The van der Waals surface area contributed by atoms with Crippen molar-refractivity contribution in [3.05, 3.63) is 24.7 Å². The number of hydrogen-bond acceptors (Lipinski definition) is 5. The summed E-state index contributed by atoms with van der Waals surface area (Å²) >= 11 is 0. The molecule has 1 aliphatic heterocycles. The van der Waals surface area contributed by atoms with Gasteiger partial charge in [-0.2, -0.15) is 5.21 Å². The Morgan fingerprint density at radius 1 is 1.39 bits per heavy atom. The smallest absolute Gasteiger partial charge is 0.221 e. The lowest BCUT2D eigenvalue weighted by Gasteiger charge is -2.02. The number of hydrogen-bond donors (Lipinski definition) is 2. The second kappa shape index (κ2) is 3.95.